The van der Waals surface area contributed by atoms with E-state index in [0.29, 0.717) is 34.1 Å². The number of rotatable bonds is 6. The van der Waals surface area contributed by atoms with Gasteiger partial charge < -0.3 is 23.8 Å². The van der Waals surface area contributed by atoms with Crippen molar-refractivity contribution in [2.75, 3.05) is 39.8 Å². The van der Waals surface area contributed by atoms with Crippen molar-refractivity contribution in [2.45, 2.75) is 6.61 Å². The third-order valence-corrected chi connectivity index (χ3v) is 5.15. The predicted octanol–water partition coefficient (Wildman–Crippen LogP) is 2.59. The van der Waals surface area contributed by atoms with Crippen molar-refractivity contribution in [3.63, 3.8) is 0 Å². The van der Waals surface area contributed by atoms with E-state index in [-0.39, 0.29) is 13.2 Å². The van der Waals surface area contributed by atoms with Crippen molar-refractivity contribution in [1.29, 1.82) is 0 Å². The minimum atomic E-state index is -0.397. The second-order valence-electron chi connectivity index (χ2n) is 6.99. The van der Waals surface area contributed by atoms with Crippen molar-refractivity contribution in [3.8, 4) is 22.6 Å². The zero-order chi connectivity index (χ0) is 22.1. The fourth-order valence-electron chi connectivity index (χ4n) is 3.62. The molecule has 0 fully saturated rings. The third-order valence-electron chi connectivity index (χ3n) is 5.15. The Kier molecular flexibility index (Phi) is 5.33. The number of cyclic esters (lactones) is 1. The Balaban J connectivity index is 1.87. The first-order valence-corrected chi connectivity index (χ1v) is 9.46. The Morgan fingerprint density at radius 1 is 1.06 bits per heavy atom. The van der Waals surface area contributed by atoms with Crippen LogP contribution in [0.15, 0.2) is 30.6 Å². The molecule has 2 aromatic carbocycles. The van der Waals surface area contributed by atoms with Crippen LogP contribution in [0.5, 0.6) is 11.5 Å². The van der Waals surface area contributed by atoms with Gasteiger partial charge in [0, 0.05) is 36.1 Å². The lowest BCUT2D eigenvalue weighted by Gasteiger charge is -2.17. The highest BCUT2D eigenvalue weighted by Gasteiger charge is 2.28. The minimum absolute atomic E-state index is 0.0167. The van der Waals surface area contributed by atoms with Crippen LogP contribution in [0.2, 0.25) is 0 Å². The maximum Gasteiger partial charge on any atom is 0.339 e. The van der Waals surface area contributed by atoms with Gasteiger partial charge in [-0.25, -0.2) is 14.8 Å². The quantitative estimate of drug-likeness (QED) is 0.554. The van der Waals surface area contributed by atoms with E-state index in [9.17, 15) is 9.59 Å². The lowest BCUT2D eigenvalue weighted by Crippen LogP contribution is -2.27. The van der Waals surface area contributed by atoms with Gasteiger partial charge in [0.25, 0.3) is 0 Å². The molecule has 0 N–H and O–H groups in total. The molecule has 0 atom stereocenters. The van der Waals surface area contributed by atoms with E-state index in [4.69, 9.17) is 14.2 Å². The third kappa shape index (κ3) is 3.58. The molecule has 1 aliphatic heterocycles. The Bertz CT molecular complexity index is 1180. The highest BCUT2D eigenvalue weighted by Crippen LogP contribution is 2.42. The van der Waals surface area contributed by atoms with Crippen molar-refractivity contribution >= 4 is 28.7 Å². The van der Waals surface area contributed by atoms with Crippen LogP contribution < -0.4 is 14.4 Å². The maximum atomic E-state index is 12.5. The number of benzene rings is 2. The van der Waals surface area contributed by atoms with Crippen LogP contribution in [0.1, 0.15) is 15.9 Å². The normalized spacial score (nSPS) is 12.3. The van der Waals surface area contributed by atoms with Gasteiger partial charge in [-0.2, -0.15) is 0 Å². The smallest absolute Gasteiger partial charge is 0.339 e. The average molecular weight is 423 g/mol. The van der Waals surface area contributed by atoms with Crippen molar-refractivity contribution in [2.24, 2.45) is 0 Å². The summed E-state index contributed by atoms with van der Waals surface area (Å²) >= 11 is 0. The first-order chi connectivity index (χ1) is 15.0. The van der Waals surface area contributed by atoms with Crippen LogP contribution in [0.4, 0.5) is 5.95 Å². The fourth-order valence-corrected chi connectivity index (χ4v) is 3.62. The maximum absolute atomic E-state index is 12.5. The van der Waals surface area contributed by atoms with Gasteiger partial charge in [0.1, 0.15) is 13.2 Å². The Labute approximate surface area is 178 Å². The van der Waals surface area contributed by atoms with E-state index in [0.717, 1.165) is 16.3 Å². The summed E-state index contributed by atoms with van der Waals surface area (Å²) in [5.41, 5.74) is 2.58. The SMILES string of the molecule is COC(=O)CN(C)c1ncc(-c2c3c(cc4cc(OC)c(OC)cc24)COC3=O)cn1. The first kappa shape index (κ1) is 20.4. The molecule has 0 bridgehead atoms. The van der Waals surface area contributed by atoms with E-state index >= 15 is 0 Å². The lowest BCUT2D eigenvalue weighted by atomic mass is 9.91. The van der Waals surface area contributed by atoms with Crippen LogP contribution in [-0.4, -0.2) is 56.8 Å². The number of ether oxygens (including phenoxy) is 4. The molecule has 1 aromatic heterocycles. The van der Waals surface area contributed by atoms with Gasteiger partial charge >= 0.3 is 11.9 Å². The van der Waals surface area contributed by atoms with Crippen LogP contribution in [0, 0.1) is 0 Å². The zero-order valence-corrected chi connectivity index (χ0v) is 17.6. The lowest BCUT2D eigenvalue weighted by molar-refractivity contribution is -0.138. The summed E-state index contributed by atoms with van der Waals surface area (Å²) in [6.45, 7) is 0.217. The van der Waals surface area contributed by atoms with E-state index in [1.165, 1.54) is 7.11 Å². The number of nitrogens with zero attached hydrogens (tertiary/aromatic N) is 3. The Hall–Kier alpha value is -3.88. The van der Waals surface area contributed by atoms with Crippen LogP contribution >= 0.6 is 0 Å². The molecule has 0 radical (unpaired) electrons. The van der Waals surface area contributed by atoms with E-state index in [2.05, 4.69) is 14.7 Å². The molecule has 3 aromatic rings. The number of carbonyl (C=O) groups is 2. The molecular formula is C22H21N3O6. The number of hydrogen-bond donors (Lipinski definition) is 0. The summed E-state index contributed by atoms with van der Waals surface area (Å²) in [5.74, 6) is 0.687. The predicted molar refractivity (Wildman–Crippen MR) is 112 cm³/mol. The van der Waals surface area contributed by atoms with Crippen molar-refractivity contribution in [3.05, 3.63) is 41.7 Å². The molecule has 9 heteroatoms. The Morgan fingerprint density at radius 3 is 2.39 bits per heavy atom. The summed E-state index contributed by atoms with van der Waals surface area (Å²) in [5, 5.41) is 1.66. The number of hydrogen-bond acceptors (Lipinski definition) is 9. The van der Waals surface area contributed by atoms with Crippen LogP contribution in [-0.2, 0) is 20.9 Å². The number of likely N-dealkylation sites (N-methyl/N-ethyl adjacent to an activating group) is 1. The fraction of sp³-hybridized carbons (Fsp3) is 0.273. The zero-order valence-electron chi connectivity index (χ0n) is 17.6. The topological polar surface area (TPSA) is 100 Å². The molecule has 160 valence electrons. The average Bonchev–Trinajstić information content (AvgIpc) is 3.16. The summed E-state index contributed by atoms with van der Waals surface area (Å²) in [6, 6.07) is 5.60. The van der Waals surface area contributed by atoms with Crippen LogP contribution in [0.3, 0.4) is 0 Å². The first-order valence-electron chi connectivity index (χ1n) is 9.46. The summed E-state index contributed by atoms with van der Waals surface area (Å²) in [6.07, 6.45) is 3.24. The van der Waals surface area contributed by atoms with Gasteiger partial charge in [-0.1, -0.05) is 0 Å². The number of methoxy groups -OCH3 is 3. The number of esters is 2. The second kappa shape index (κ2) is 8.10. The van der Waals surface area contributed by atoms with Gasteiger partial charge in [0.05, 0.1) is 26.9 Å². The standard InChI is InChI=1S/C22H21N3O6/c1-25(10-18(26)30-4)22-23-8-14(9-24-22)19-15-7-17(29-3)16(28-2)6-12(15)5-13-11-31-21(27)20(13)19/h5-9H,10-11H2,1-4H3. The van der Waals surface area contributed by atoms with E-state index in [1.807, 2.05) is 18.2 Å². The molecule has 0 saturated carbocycles. The molecule has 4 rings (SSSR count). The van der Waals surface area contributed by atoms with Gasteiger partial charge in [-0.3, -0.25) is 4.79 Å². The summed E-state index contributed by atoms with van der Waals surface area (Å²) in [7, 11) is 6.14. The molecule has 0 unspecified atom stereocenters. The molecule has 2 heterocycles. The largest absolute Gasteiger partial charge is 0.493 e. The van der Waals surface area contributed by atoms with E-state index in [1.54, 1.807) is 38.6 Å². The molecule has 0 spiro atoms. The van der Waals surface area contributed by atoms with E-state index < -0.39 is 11.9 Å². The minimum Gasteiger partial charge on any atom is -0.493 e. The van der Waals surface area contributed by atoms with Gasteiger partial charge in [-0.05, 0) is 29.0 Å². The van der Waals surface area contributed by atoms with Crippen molar-refractivity contribution < 1.29 is 28.5 Å². The number of fused-ring (bicyclic) bond motifs is 2. The second-order valence-corrected chi connectivity index (χ2v) is 6.99. The van der Waals surface area contributed by atoms with Crippen molar-refractivity contribution in [1.82, 2.24) is 9.97 Å². The highest BCUT2D eigenvalue weighted by atomic mass is 16.5. The van der Waals surface area contributed by atoms with Gasteiger partial charge in [0.15, 0.2) is 11.5 Å². The summed E-state index contributed by atoms with van der Waals surface area (Å²) < 4.78 is 20.8. The molecule has 0 saturated heterocycles. The van der Waals surface area contributed by atoms with Gasteiger partial charge in [-0.15, -0.1) is 0 Å². The molecule has 9 nitrogen and oxygen atoms in total. The highest BCUT2D eigenvalue weighted by molar-refractivity contribution is 6.11. The molecule has 0 amide bonds. The molecule has 31 heavy (non-hydrogen) atoms. The monoisotopic (exact) mass is 423 g/mol. The molecule has 1 aliphatic rings. The summed E-state index contributed by atoms with van der Waals surface area (Å²) in [4.78, 5) is 34.4. The Morgan fingerprint density at radius 2 is 1.74 bits per heavy atom. The number of carbonyl (C=O) groups excluding carboxylic acids is 2. The molecule has 0 aliphatic carbocycles. The van der Waals surface area contributed by atoms with Crippen LogP contribution in [0.25, 0.3) is 21.9 Å². The van der Waals surface area contributed by atoms with Gasteiger partial charge in [0.2, 0.25) is 5.95 Å². The number of aromatic nitrogens is 2. The number of anilines is 1. The molecular weight excluding hydrogens is 402 g/mol.